The molecule has 1 fully saturated rings. The molecule has 0 radical (unpaired) electrons. The zero-order valence-electron chi connectivity index (χ0n) is 7.18. The highest BCUT2D eigenvalue weighted by molar-refractivity contribution is 5.13. The summed E-state index contributed by atoms with van der Waals surface area (Å²) in [5, 5.41) is 17.8. The summed E-state index contributed by atoms with van der Waals surface area (Å²) in [6, 6.07) is 4.37. The molecule has 2 bridgehead atoms. The highest BCUT2D eigenvalue weighted by atomic mass is 16.5. The Labute approximate surface area is 77.2 Å². The first kappa shape index (κ1) is 8.29. The van der Waals surface area contributed by atoms with Crippen LogP contribution in [0.1, 0.15) is 12.8 Å². The van der Waals surface area contributed by atoms with Crippen LogP contribution in [0.3, 0.4) is 0 Å². The molecule has 0 spiro atoms. The summed E-state index contributed by atoms with van der Waals surface area (Å²) in [7, 11) is 0. The molecule has 13 heavy (non-hydrogen) atoms. The average molecular weight is 174 g/mol. The predicted molar refractivity (Wildman–Crippen MR) is 45.2 cm³/mol. The molecule has 3 nitrogen and oxygen atoms in total. The second kappa shape index (κ2) is 3.20. The standard InChI is InChI=1S/C10H10N2O/c11-5-7-8(6-12)10-4-2-1-3-9(7)13-10/h1-2,7-10H,3-4H2. The van der Waals surface area contributed by atoms with E-state index in [2.05, 4.69) is 12.1 Å². The van der Waals surface area contributed by atoms with Gasteiger partial charge in [0.05, 0.1) is 36.2 Å². The van der Waals surface area contributed by atoms with Crippen LogP contribution in [0.15, 0.2) is 12.2 Å². The minimum atomic E-state index is -0.236. The van der Waals surface area contributed by atoms with Gasteiger partial charge in [-0.2, -0.15) is 10.5 Å². The van der Waals surface area contributed by atoms with Gasteiger partial charge in [-0.3, -0.25) is 0 Å². The van der Waals surface area contributed by atoms with Crippen LogP contribution < -0.4 is 0 Å². The zero-order chi connectivity index (χ0) is 9.26. The predicted octanol–water partition coefficient (Wildman–Crippen LogP) is 1.38. The second-order valence-electron chi connectivity index (χ2n) is 3.47. The van der Waals surface area contributed by atoms with E-state index in [4.69, 9.17) is 15.3 Å². The molecule has 2 heterocycles. The van der Waals surface area contributed by atoms with Gasteiger partial charge < -0.3 is 4.74 Å². The fourth-order valence-corrected chi connectivity index (χ4v) is 2.05. The maximum atomic E-state index is 8.90. The molecule has 4 unspecified atom stereocenters. The number of rotatable bonds is 0. The normalized spacial score (nSPS) is 42.0. The van der Waals surface area contributed by atoms with Crippen molar-refractivity contribution < 1.29 is 4.74 Å². The molecule has 1 saturated heterocycles. The third-order valence-electron chi connectivity index (χ3n) is 2.74. The van der Waals surface area contributed by atoms with E-state index in [-0.39, 0.29) is 24.0 Å². The van der Waals surface area contributed by atoms with Gasteiger partial charge in [0.1, 0.15) is 0 Å². The third-order valence-corrected chi connectivity index (χ3v) is 2.74. The molecule has 0 aromatic heterocycles. The Bertz CT molecular complexity index is 280. The molecule has 0 aromatic rings. The summed E-state index contributed by atoms with van der Waals surface area (Å²) in [5.41, 5.74) is 0. The Morgan fingerprint density at radius 2 is 1.46 bits per heavy atom. The van der Waals surface area contributed by atoms with Gasteiger partial charge in [-0.05, 0) is 12.8 Å². The Morgan fingerprint density at radius 3 is 1.85 bits per heavy atom. The molecule has 0 aromatic carbocycles. The Balaban J connectivity index is 2.27. The fraction of sp³-hybridized carbons (Fsp3) is 0.600. The van der Waals surface area contributed by atoms with E-state index in [1.165, 1.54) is 0 Å². The van der Waals surface area contributed by atoms with E-state index < -0.39 is 0 Å². The van der Waals surface area contributed by atoms with Crippen molar-refractivity contribution in [1.29, 1.82) is 10.5 Å². The molecule has 0 saturated carbocycles. The van der Waals surface area contributed by atoms with E-state index in [0.29, 0.717) is 0 Å². The molecule has 3 heteroatoms. The fourth-order valence-electron chi connectivity index (χ4n) is 2.05. The summed E-state index contributed by atoms with van der Waals surface area (Å²) < 4.78 is 5.62. The van der Waals surface area contributed by atoms with Crippen LogP contribution in [0.25, 0.3) is 0 Å². The third kappa shape index (κ3) is 1.22. The van der Waals surface area contributed by atoms with Crippen molar-refractivity contribution in [1.82, 2.24) is 0 Å². The van der Waals surface area contributed by atoms with Crippen LogP contribution in [-0.4, -0.2) is 12.2 Å². The smallest absolute Gasteiger partial charge is 0.0911 e. The highest BCUT2D eigenvalue weighted by Crippen LogP contribution is 2.37. The number of hydrogen-bond donors (Lipinski definition) is 0. The molecular weight excluding hydrogens is 164 g/mol. The topological polar surface area (TPSA) is 56.8 Å². The van der Waals surface area contributed by atoms with E-state index in [0.717, 1.165) is 12.8 Å². The number of nitrogens with zero attached hydrogens (tertiary/aromatic N) is 2. The maximum absolute atomic E-state index is 8.90. The van der Waals surface area contributed by atoms with Crippen LogP contribution in [0.5, 0.6) is 0 Å². The van der Waals surface area contributed by atoms with Gasteiger partial charge in [0.2, 0.25) is 0 Å². The van der Waals surface area contributed by atoms with Gasteiger partial charge in [-0.25, -0.2) is 0 Å². The molecule has 0 N–H and O–H groups in total. The minimum Gasteiger partial charge on any atom is -0.372 e. The second-order valence-corrected chi connectivity index (χ2v) is 3.47. The van der Waals surface area contributed by atoms with E-state index in [1.54, 1.807) is 0 Å². The van der Waals surface area contributed by atoms with E-state index >= 15 is 0 Å². The minimum absolute atomic E-state index is 0.0570. The molecule has 66 valence electrons. The lowest BCUT2D eigenvalue weighted by Gasteiger charge is -2.10. The van der Waals surface area contributed by atoms with Crippen molar-refractivity contribution in [2.24, 2.45) is 11.8 Å². The van der Waals surface area contributed by atoms with Crippen LogP contribution in [0.2, 0.25) is 0 Å². The largest absolute Gasteiger partial charge is 0.372 e. The molecule has 2 rings (SSSR count). The Morgan fingerprint density at radius 1 is 1.00 bits per heavy atom. The quantitative estimate of drug-likeness (QED) is 0.521. The molecule has 2 aliphatic rings. The van der Waals surface area contributed by atoms with Crippen molar-refractivity contribution in [2.45, 2.75) is 25.0 Å². The molecule has 0 amide bonds. The van der Waals surface area contributed by atoms with Gasteiger partial charge >= 0.3 is 0 Å². The van der Waals surface area contributed by atoms with Crippen molar-refractivity contribution in [3.8, 4) is 12.1 Å². The van der Waals surface area contributed by atoms with Crippen LogP contribution in [0, 0.1) is 34.5 Å². The maximum Gasteiger partial charge on any atom is 0.0911 e. The summed E-state index contributed by atoms with van der Waals surface area (Å²) in [6.45, 7) is 0. The lowest BCUT2D eigenvalue weighted by Crippen LogP contribution is -2.19. The Kier molecular flexibility index (Phi) is 2.04. The number of fused-ring (bicyclic) bond motifs is 2. The number of nitriles is 2. The van der Waals surface area contributed by atoms with Crippen molar-refractivity contribution in [2.75, 3.05) is 0 Å². The average Bonchev–Trinajstić information content (AvgIpc) is 2.31. The number of ether oxygens (including phenoxy) is 1. The van der Waals surface area contributed by atoms with Gasteiger partial charge in [-0.1, -0.05) is 12.2 Å². The first-order chi connectivity index (χ1) is 6.36. The first-order valence-electron chi connectivity index (χ1n) is 4.46. The monoisotopic (exact) mass is 174 g/mol. The molecule has 2 aliphatic heterocycles. The van der Waals surface area contributed by atoms with Gasteiger partial charge in [0.25, 0.3) is 0 Å². The molecular formula is C10H10N2O. The van der Waals surface area contributed by atoms with Crippen molar-refractivity contribution in [3.63, 3.8) is 0 Å². The van der Waals surface area contributed by atoms with E-state index in [1.807, 2.05) is 12.2 Å². The lowest BCUT2D eigenvalue weighted by atomic mass is 9.85. The van der Waals surface area contributed by atoms with Crippen molar-refractivity contribution >= 4 is 0 Å². The van der Waals surface area contributed by atoms with Gasteiger partial charge in [0, 0.05) is 0 Å². The van der Waals surface area contributed by atoms with Gasteiger partial charge in [-0.15, -0.1) is 0 Å². The summed E-state index contributed by atoms with van der Waals surface area (Å²) >= 11 is 0. The van der Waals surface area contributed by atoms with Crippen LogP contribution in [-0.2, 0) is 4.74 Å². The first-order valence-corrected chi connectivity index (χ1v) is 4.46. The Hall–Kier alpha value is -1.32. The van der Waals surface area contributed by atoms with Gasteiger partial charge in [0.15, 0.2) is 0 Å². The summed E-state index contributed by atoms with van der Waals surface area (Å²) in [5.74, 6) is -0.472. The summed E-state index contributed by atoms with van der Waals surface area (Å²) in [6.07, 6.45) is 5.52. The highest BCUT2D eigenvalue weighted by Gasteiger charge is 2.44. The van der Waals surface area contributed by atoms with Crippen molar-refractivity contribution in [3.05, 3.63) is 12.2 Å². The molecule has 0 aliphatic carbocycles. The van der Waals surface area contributed by atoms with Crippen LogP contribution >= 0.6 is 0 Å². The lowest BCUT2D eigenvalue weighted by molar-refractivity contribution is 0.0431. The SMILES string of the molecule is N#CC1C2CC=CCC(O2)C1C#N. The molecule has 4 atom stereocenters. The summed E-state index contributed by atoms with van der Waals surface area (Å²) in [4.78, 5) is 0. The zero-order valence-corrected chi connectivity index (χ0v) is 7.18. The number of hydrogen-bond acceptors (Lipinski definition) is 3. The van der Waals surface area contributed by atoms with E-state index in [9.17, 15) is 0 Å². The van der Waals surface area contributed by atoms with Crippen LogP contribution in [0.4, 0.5) is 0 Å².